The van der Waals surface area contributed by atoms with Gasteiger partial charge in [0.25, 0.3) is 0 Å². The molecule has 1 fully saturated rings. The van der Waals surface area contributed by atoms with Crippen molar-refractivity contribution in [3.05, 3.63) is 12.2 Å². The van der Waals surface area contributed by atoms with Crippen LogP contribution in [0.15, 0.2) is 12.2 Å². The molecular weight excluding hydrogens is 368 g/mol. The first-order valence-corrected chi connectivity index (χ1v) is 11.9. The van der Waals surface area contributed by atoms with E-state index in [4.69, 9.17) is 0 Å². The fourth-order valence-corrected chi connectivity index (χ4v) is 5.83. The molecule has 158 valence electrons. The number of unbranched alkanes of at least 4 members (excludes halogenated alkanes) is 5. The van der Waals surface area contributed by atoms with Crippen molar-refractivity contribution in [1.29, 1.82) is 0 Å². The lowest BCUT2D eigenvalue weighted by Crippen LogP contribution is -2.24. The van der Waals surface area contributed by atoms with Crippen LogP contribution in [0.3, 0.4) is 0 Å². The van der Waals surface area contributed by atoms with Crippen molar-refractivity contribution in [2.24, 2.45) is 5.92 Å². The van der Waals surface area contributed by atoms with Crippen LogP contribution in [-0.2, 0) is 19.4 Å². The standard InChI is InChI=1S/C20H36O6S/c1-3-4-7-10-16(21)13-14-17-18(22)15-27(24,25)19(17)11-8-5-6-9-12-20(23)26-2/h13-14,16-19,21-22H,3-12,15H2,1-2H3/b14-13+. The van der Waals surface area contributed by atoms with Crippen LogP contribution >= 0.6 is 0 Å². The number of carbonyl (C=O) groups excluding carboxylic acids is 1. The number of aliphatic hydroxyl groups excluding tert-OH is 2. The van der Waals surface area contributed by atoms with Crippen molar-refractivity contribution in [1.82, 2.24) is 0 Å². The average molecular weight is 405 g/mol. The zero-order valence-corrected chi connectivity index (χ0v) is 17.5. The molecule has 4 unspecified atom stereocenters. The second-order valence-electron chi connectivity index (χ2n) is 7.49. The predicted molar refractivity (Wildman–Crippen MR) is 106 cm³/mol. The number of rotatable bonds is 13. The summed E-state index contributed by atoms with van der Waals surface area (Å²) in [5.74, 6) is -0.883. The number of methoxy groups -OCH3 is 1. The minimum absolute atomic E-state index is 0.207. The van der Waals surface area contributed by atoms with Gasteiger partial charge in [-0.1, -0.05) is 57.6 Å². The van der Waals surface area contributed by atoms with E-state index in [9.17, 15) is 23.4 Å². The number of hydrogen-bond acceptors (Lipinski definition) is 6. The van der Waals surface area contributed by atoms with Crippen molar-refractivity contribution in [3.63, 3.8) is 0 Å². The Morgan fingerprint density at radius 3 is 2.56 bits per heavy atom. The molecule has 6 nitrogen and oxygen atoms in total. The third kappa shape index (κ3) is 8.75. The Kier molecular flexibility index (Phi) is 11.2. The maximum Gasteiger partial charge on any atom is 0.305 e. The maximum atomic E-state index is 12.4. The van der Waals surface area contributed by atoms with Crippen LogP contribution in [0.1, 0.15) is 71.1 Å². The van der Waals surface area contributed by atoms with E-state index < -0.39 is 33.2 Å². The van der Waals surface area contributed by atoms with Gasteiger partial charge < -0.3 is 14.9 Å². The van der Waals surface area contributed by atoms with E-state index in [1.807, 2.05) is 0 Å². The minimum atomic E-state index is -3.32. The van der Waals surface area contributed by atoms with Gasteiger partial charge in [-0.15, -0.1) is 0 Å². The van der Waals surface area contributed by atoms with E-state index in [2.05, 4.69) is 11.7 Å². The molecule has 0 aromatic heterocycles. The first-order chi connectivity index (χ1) is 12.8. The Labute approximate surface area is 163 Å². The molecule has 1 saturated heterocycles. The lowest BCUT2D eigenvalue weighted by Gasteiger charge is -2.17. The molecule has 0 aromatic carbocycles. The molecule has 0 radical (unpaired) electrons. The first kappa shape index (κ1) is 24.1. The molecular formula is C20H36O6S. The SMILES string of the molecule is CCCCCC(O)/C=C/C1C(O)CS(=O)(=O)C1CCCCCCC(=O)OC. The van der Waals surface area contributed by atoms with Crippen LogP contribution in [0.4, 0.5) is 0 Å². The number of carbonyl (C=O) groups is 1. The van der Waals surface area contributed by atoms with Gasteiger partial charge in [-0.3, -0.25) is 4.79 Å². The van der Waals surface area contributed by atoms with Crippen molar-refractivity contribution in [3.8, 4) is 0 Å². The van der Waals surface area contributed by atoms with E-state index >= 15 is 0 Å². The van der Waals surface area contributed by atoms with Crippen LogP contribution in [0, 0.1) is 5.92 Å². The third-order valence-electron chi connectivity index (χ3n) is 5.24. The molecule has 1 aliphatic heterocycles. The van der Waals surface area contributed by atoms with Crippen molar-refractivity contribution in [2.45, 2.75) is 88.6 Å². The molecule has 0 saturated carbocycles. The summed E-state index contributed by atoms with van der Waals surface area (Å²) in [5, 5.41) is 19.6. The molecule has 0 aromatic rings. The summed E-state index contributed by atoms with van der Waals surface area (Å²) < 4.78 is 29.3. The van der Waals surface area contributed by atoms with Gasteiger partial charge in [-0.2, -0.15) is 0 Å². The zero-order chi connectivity index (χ0) is 20.3. The lowest BCUT2D eigenvalue weighted by atomic mass is 9.94. The van der Waals surface area contributed by atoms with Crippen LogP contribution in [-0.4, -0.2) is 54.9 Å². The molecule has 0 spiro atoms. The minimum Gasteiger partial charge on any atom is -0.469 e. The molecule has 1 heterocycles. The summed E-state index contributed by atoms with van der Waals surface area (Å²) in [6, 6.07) is 0. The molecule has 0 bridgehead atoms. The van der Waals surface area contributed by atoms with Gasteiger partial charge in [0.2, 0.25) is 0 Å². The summed E-state index contributed by atoms with van der Waals surface area (Å²) in [5.41, 5.74) is 0. The number of ether oxygens (including phenoxy) is 1. The smallest absolute Gasteiger partial charge is 0.305 e. The van der Waals surface area contributed by atoms with E-state index in [1.165, 1.54) is 7.11 Å². The monoisotopic (exact) mass is 404 g/mol. The lowest BCUT2D eigenvalue weighted by molar-refractivity contribution is -0.140. The van der Waals surface area contributed by atoms with Crippen molar-refractivity contribution >= 4 is 15.8 Å². The van der Waals surface area contributed by atoms with Gasteiger partial charge in [0.1, 0.15) is 0 Å². The Morgan fingerprint density at radius 1 is 1.19 bits per heavy atom. The topological polar surface area (TPSA) is 101 Å². The largest absolute Gasteiger partial charge is 0.469 e. The van der Waals surface area contributed by atoms with E-state index in [0.717, 1.165) is 44.9 Å². The predicted octanol–water partition coefficient (Wildman–Crippen LogP) is 2.77. The highest BCUT2D eigenvalue weighted by Gasteiger charge is 2.44. The second kappa shape index (κ2) is 12.5. The molecule has 7 heteroatoms. The van der Waals surface area contributed by atoms with Gasteiger partial charge in [-0.25, -0.2) is 8.42 Å². The summed E-state index contributed by atoms with van der Waals surface area (Å²) in [4.78, 5) is 11.1. The normalized spacial score (nSPS) is 25.7. The maximum absolute atomic E-state index is 12.4. The summed E-state index contributed by atoms with van der Waals surface area (Å²) in [6.07, 6.45) is 9.63. The number of hydrogen-bond donors (Lipinski definition) is 2. The average Bonchev–Trinajstić information content (AvgIpc) is 2.83. The molecule has 1 rings (SSSR count). The number of esters is 1. The Balaban J connectivity index is 2.49. The summed E-state index contributed by atoms with van der Waals surface area (Å²) >= 11 is 0. The second-order valence-corrected chi connectivity index (χ2v) is 9.75. The third-order valence-corrected chi connectivity index (χ3v) is 7.52. The van der Waals surface area contributed by atoms with Crippen LogP contribution in [0.25, 0.3) is 0 Å². The highest BCUT2D eigenvalue weighted by atomic mass is 32.2. The quantitative estimate of drug-likeness (QED) is 0.278. The first-order valence-electron chi connectivity index (χ1n) is 10.1. The highest BCUT2D eigenvalue weighted by Crippen LogP contribution is 2.32. The number of aliphatic hydroxyl groups is 2. The van der Waals surface area contributed by atoms with E-state index in [0.29, 0.717) is 19.3 Å². The molecule has 1 aliphatic rings. The Hall–Kier alpha value is -0.920. The van der Waals surface area contributed by atoms with Gasteiger partial charge in [-0.05, 0) is 19.3 Å². The molecule has 0 aliphatic carbocycles. The fraction of sp³-hybridized carbons (Fsp3) is 0.850. The van der Waals surface area contributed by atoms with Gasteiger partial charge in [0, 0.05) is 12.3 Å². The van der Waals surface area contributed by atoms with Gasteiger partial charge >= 0.3 is 5.97 Å². The van der Waals surface area contributed by atoms with E-state index in [1.54, 1.807) is 12.2 Å². The zero-order valence-electron chi connectivity index (χ0n) is 16.7. The molecule has 2 N–H and O–H groups in total. The highest BCUT2D eigenvalue weighted by molar-refractivity contribution is 7.92. The van der Waals surface area contributed by atoms with Crippen LogP contribution < -0.4 is 0 Å². The van der Waals surface area contributed by atoms with Crippen LogP contribution in [0.2, 0.25) is 0 Å². The van der Waals surface area contributed by atoms with Crippen molar-refractivity contribution in [2.75, 3.05) is 12.9 Å². The Morgan fingerprint density at radius 2 is 1.89 bits per heavy atom. The molecule has 0 amide bonds. The van der Waals surface area contributed by atoms with Gasteiger partial charge in [0.05, 0.1) is 30.3 Å². The van der Waals surface area contributed by atoms with Gasteiger partial charge in [0.15, 0.2) is 9.84 Å². The fourth-order valence-electron chi connectivity index (χ4n) is 3.61. The van der Waals surface area contributed by atoms with Crippen molar-refractivity contribution < 1.29 is 28.2 Å². The molecule has 4 atom stereocenters. The molecule has 27 heavy (non-hydrogen) atoms. The number of sulfone groups is 1. The Bertz CT molecular complexity index is 557. The van der Waals surface area contributed by atoms with Crippen LogP contribution in [0.5, 0.6) is 0 Å². The van der Waals surface area contributed by atoms with E-state index in [-0.39, 0.29) is 11.7 Å². The summed E-state index contributed by atoms with van der Waals surface area (Å²) in [6.45, 7) is 2.10. The summed E-state index contributed by atoms with van der Waals surface area (Å²) in [7, 11) is -1.95.